The van der Waals surface area contributed by atoms with Crippen molar-refractivity contribution in [3.8, 4) is 0 Å². The molecule has 23 heavy (non-hydrogen) atoms. The van der Waals surface area contributed by atoms with Gasteiger partial charge in [0, 0.05) is 0 Å². The number of carbonyl (C=O) groups excluding carboxylic acids is 1. The average Bonchev–Trinajstić information content (AvgIpc) is 2.49. The van der Waals surface area contributed by atoms with Gasteiger partial charge in [-0.25, -0.2) is 0 Å². The van der Waals surface area contributed by atoms with Gasteiger partial charge in [0.2, 0.25) is 0 Å². The fourth-order valence-electron chi connectivity index (χ4n) is 2.48. The summed E-state index contributed by atoms with van der Waals surface area (Å²) in [6.07, 6.45) is 4.42. The first-order chi connectivity index (χ1) is 10.8. The van der Waals surface area contributed by atoms with Crippen molar-refractivity contribution in [1.29, 1.82) is 0 Å². The highest BCUT2D eigenvalue weighted by Gasteiger charge is 2.45. The van der Waals surface area contributed by atoms with Crippen LogP contribution in [0.2, 0.25) is 0 Å². The van der Waals surface area contributed by atoms with Gasteiger partial charge in [-0.1, -0.05) is 65.2 Å². The Kier molecular flexibility index (Phi) is 12.2. The van der Waals surface area contributed by atoms with E-state index in [0.29, 0.717) is 12.8 Å². The van der Waals surface area contributed by atoms with Crippen molar-refractivity contribution in [2.24, 2.45) is 11.7 Å². The molecule has 138 valence electrons. The van der Waals surface area contributed by atoms with Gasteiger partial charge in [0.25, 0.3) is 0 Å². The molecule has 0 aliphatic carbocycles. The lowest BCUT2D eigenvalue weighted by atomic mass is 9.93. The molecule has 0 aromatic carbocycles. The van der Waals surface area contributed by atoms with Crippen molar-refractivity contribution in [3.63, 3.8) is 0 Å². The first-order valence-electron chi connectivity index (χ1n) is 8.83. The second-order valence-corrected chi connectivity index (χ2v) is 6.10. The summed E-state index contributed by atoms with van der Waals surface area (Å²) in [4.78, 5) is 11.8. The molecular weight excluding hydrogens is 307 g/mol. The number of ether oxygens (including phenoxy) is 1. The van der Waals surface area contributed by atoms with Crippen LogP contribution in [0, 0.1) is 5.92 Å². The van der Waals surface area contributed by atoms with Crippen molar-refractivity contribution >= 4 is 5.97 Å². The van der Waals surface area contributed by atoms with Crippen LogP contribution in [0.15, 0.2) is 0 Å². The second-order valence-electron chi connectivity index (χ2n) is 6.10. The summed E-state index contributed by atoms with van der Waals surface area (Å²) in [6.45, 7) is 4.09. The third kappa shape index (κ3) is 10.6. The molecular formula is C17H32F3NO2. The zero-order valence-corrected chi connectivity index (χ0v) is 14.5. The molecule has 2 atom stereocenters. The molecule has 0 spiro atoms. The summed E-state index contributed by atoms with van der Waals surface area (Å²) >= 11 is 0. The average molecular weight is 339 g/mol. The largest absolute Gasteiger partial charge is 0.465 e. The Labute approximate surface area is 138 Å². The highest BCUT2D eigenvalue weighted by atomic mass is 19.4. The SMILES string of the molecule is CCCCCCCCCC[C@H](C(=O)OCCC)[C@H](N)C(F)(F)F. The first-order valence-corrected chi connectivity index (χ1v) is 8.83. The summed E-state index contributed by atoms with van der Waals surface area (Å²) in [6, 6.07) is -2.14. The maximum Gasteiger partial charge on any atom is 0.404 e. The molecule has 0 saturated carbocycles. The summed E-state index contributed by atoms with van der Waals surface area (Å²) < 4.78 is 43.3. The molecule has 0 rings (SSSR count). The standard InChI is InChI=1S/C17H32F3NO2/c1-3-5-6-7-8-9-10-11-12-14(15(21)17(18,19)20)16(22)23-13-4-2/h14-15H,3-13,21H2,1-2H3/t14-,15-/m0/s1. The third-order valence-electron chi connectivity index (χ3n) is 3.93. The van der Waals surface area contributed by atoms with E-state index in [-0.39, 0.29) is 13.0 Å². The topological polar surface area (TPSA) is 52.3 Å². The molecule has 2 N–H and O–H groups in total. The van der Waals surface area contributed by atoms with Gasteiger partial charge < -0.3 is 10.5 Å². The van der Waals surface area contributed by atoms with Gasteiger partial charge in [0.1, 0.15) is 6.04 Å². The van der Waals surface area contributed by atoms with Gasteiger partial charge in [-0.05, 0) is 12.8 Å². The minimum absolute atomic E-state index is 0.136. The lowest BCUT2D eigenvalue weighted by Crippen LogP contribution is -2.47. The molecule has 0 radical (unpaired) electrons. The molecule has 0 aromatic rings. The smallest absolute Gasteiger partial charge is 0.404 e. The van der Waals surface area contributed by atoms with Gasteiger partial charge in [-0.15, -0.1) is 0 Å². The van der Waals surface area contributed by atoms with Crippen molar-refractivity contribution in [2.75, 3.05) is 6.61 Å². The molecule has 0 aromatic heterocycles. The maximum absolute atomic E-state index is 12.8. The zero-order valence-electron chi connectivity index (χ0n) is 14.5. The van der Waals surface area contributed by atoms with Crippen LogP contribution in [0.3, 0.4) is 0 Å². The summed E-state index contributed by atoms with van der Waals surface area (Å²) in [5.74, 6) is -2.11. The van der Waals surface area contributed by atoms with Gasteiger partial charge >= 0.3 is 12.1 Å². The van der Waals surface area contributed by atoms with Gasteiger partial charge in [0.05, 0.1) is 12.5 Å². The maximum atomic E-state index is 12.8. The van der Waals surface area contributed by atoms with Crippen LogP contribution in [-0.4, -0.2) is 24.8 Å². The predicted molar refractivity (Wildman–Crippen MR) is 86.0 cm³/mol. The molecule has 0 saturated heterocycles. The Balaban J connectivity index is 4.19. The predicted octanol–water partition coefficient (Wildman–Crippen LogP) is 4.98. The number of halogens is 3. The van der Waals surface area contributed by atoms with Crippen LogP contribution < -0.4 is 5.73 Å². The Morgan fingerprint density at radius 2 is 1.48 bits per heavy atom. The molecule has 0 aliphatic heterocycles. The monoisotopic (exact) mass is 339 g/mol. The highest BCUT2D eigenvalue weighted by Crippen LogP contribution is 2.28. The van der Waals surface area contributed by atoms with Crippen LogP contribution in [0.25, 0.3) is 0 Å². The highest BCUT2D eigenvalue weighted by molar-refractivity contribution is 5.73. The van der Waals surface area contributed by atoms with E-state index in [0.717, 1.165) is 25.7 Å². The fourth-order valence-corrected chi connectivity index (χ4v) is 2.48. The second kappa shape index (κ2) is 12.6. The van der Waals surface area contributed by atoms with Gasteiger partial charge in [-0.2, -0.15) is 13.2 Å². The van der Waals surface area contributed by atoms with E-state index in [9.17, 15) is 18.0 Å². The number of rotatable bonds is 13. The Hall–Kier alpha value is -0.780. The van der Waals surface area contributed by atoms with Crippen molar-refractivity contribution in [2.45, 2.75) is 90.3 Å². The van der Waals surface area contributed by atoms with Crippen LogP contribution in [0.5, 0.6) is 0 Å². The number of esters is 1. The number of carbonyl (C=O) groups is 1. The fraction of sp³-hybridized carbons (Fsp3) is 0.941. The normalized spacial score (nSPS) is 14.5. The number of nitrogens with two attached hydrogens (primary N) is 1. The van der Waals surface area contributed by atoms with Crippen molar-refractivity contribution < 1.29 is 22.7 Å². The van der Waals surface area contributed by atoms with Crippen LogP contribution >= 0.6 is 0 Å². The molecule has 0 heterocycles. The lowest BCUT2D eigenvalue weighted by Gasteiger charge is -2.24. The first kappa shape index (κ1) is 22.2. The molecule has 0 aliphatic rings. The Morgan fingerprint density at radius 1 is 0.957 bits per heavy atom. The van der Waals surface area contributed by atoms with E-state index in [1.807, 2.05) is 0 Å². The van der Waals surface area contributed by atoms with Crippen LogP contribution in [0.4, 0.5) is 13.2 Å². The number of unbranched alkanes of at least 4 members (excludes halogenated alkanes) is 7. The van der Waals surface area contributed by atoms with Crippen LogP contribution in [0.1, 0.15) is 78.1 Å². The molecule has 3 nitrogen and oxygen atoms in total. The van der Waals surface area contributed by atoms with E-state index in [1.165, 1.54) is 19.3 Å². The van der Waals surface area contributed by atoms with E-state index in [1.54, 1.807) is 6.92 Å². The number of alkyl halides is 3. The number of hydrogen-bond acceptors (Lipinski definition) is 3. The van der Waals surface area contributed by atoms with E-state index in [4.69, 9.17) is 10.5 Å². The van der Waals surface area contributed by atoms with Gasteiger partial charge in [0.15, 0.2) is 0 Å². The molecule has 0 unspecified atom stereocenters. The van der Waals surface area contributed by atoms with Crippen molar-refractivity contribution in [1.82, 2.24) is 0 Å². The minimum atomic E-state index is -4.57. The lowest BCUT2D eigenvalue weighted by molar-refractivity contribution is -0.177. The van der Waals surface area contributed by atoms with Gasteiger partial charge in [-0.3, -0.25) is 4.79 Å². The molecule has 6 heteroatoms. The third-order valence-corrected chi connectivity index (χ3v) is 3.93. The quantitative estimate of drug-likeness (QED) is 0.380. The minimum Gasteiger partial charge on any atom is -0.465 e. The van der Waals surface area contributed by atoms with E-state index < -0.39 is 24.1 Å². The van der Waals surface area contributed by atoms with E-state index >= 15 is 0 Å². The number of hydrogen-bond donors (Lipinski definition) is 1. The van der Waals surface area contributed by atoms with Crippen LogP contribution in [-0.2, 0) is 9.53 Å². The van der Waals surface area contributed by atoms with E-state index in [2.05, 4.69) is 6.92 Å². The Morgan fingerprint density at radius 3 is 1.96 bits per heavy atom. The molecule has 0 amide bonds. The summed E-state index contributed by atoms with van der Waals surface area (Å²) in [5.41, 5.74) is 5.24. The molecule has 0 bridgehead atoms. The zero-order chi connectivity index (χ0) is 17.7. The Bertz CT molecular complexity index is 309. The van der Waals surface area contributed by atoms with Crippen molar-refractivity contribution in [3.05, 3.63) is 0 Å². The molecule has 0 fully saturated rings. The summed E-state index contributed by atoms with van der Waals surface area (Å²) in [5, 5.41) is 0. The summed E-state index contributed by atoms with van der Waals surface area (Å²) in [7, 11) is 0.